The van der Waals surface area contributed by atoms with Crippen LogP contribution in [-0.2, 0) is 14.4 Å². The molecule has 110 valence electrons. The van der Waals surface area contributed by atoms with Crippen molar-refractivity contribution in [3.8, 4) is 5.75 Å². The minimum Gasteiger partial charge on any atom is -0.480 e. The van der Waals surface area contributed by atoms with E-state index in [0.717, 1.165) is 0 Å². The molecule has 0 radical (unpaired) electrons. The number of carbonyl (C=O) groups is 2. The number of nitrogens with zero attached hydrogens (tertiary/aromatic N) is 1. The molecule has 1 heterocycles. The number of aliphatic carboxylic acids is 1. The smallest absolute Gasteiger partial charge is 0.367 e. The molecule has 0 saturated heterocycles. The zero-order valence-corrected chi connectivity index (χ0v) is 13.9. The van der Waals surface area contributed by atoms with Crippen LogP contribution in [0.2, 0.25) is 0 Å². The lowest BCUT2D eigenvalue weighted by molar-refractivity contribution is -0.139. The number of ether oxygens (including phenoxy) is 1. The summed E-state index contributed by atoms with van der Waals surface area (Å²) in [5.41, 5.74) is 1.58. The van der Waals surface area contributed by atoms with Crippen molar-refractivity contribution in [3.05, 3.63) is 32.2 Å². The number of benzene rings is 1. The number of carboxylic acid groups (broad SMARTS) is 1. The standard InChI is InChI=1S/C13H9Br2NO5/c1-6-8(13(19)21-16-6)2-7-3-9(14)12(10(15)4-7)20-5-11(17)18/h2-4H,5H2,1H3,(H,17,18)/b8-2-. The van der Waals surface area contributed by atoms with Gasteiger partial charge >= 0.3 is 11.9 Å². The van der Waals surface area contributed by atoms with Crippen LogP contribution in [0.15, 0.2) is 31.8 Å². The Labute approximate surface area is 136 Å². The van der Waals surface area contributed by atoms with Gasteiger partial charge in [-0.1, -0.05) is 5.16 Å². The van der Waals surface area contributed by atoms with Crippen LogP contribution in [0.5, 0.6) is 5.75 Å². The summed E-state index contributed by atoms with van der Waals surface area (Å²) in [5.74, 6) is -1.20. The molecule has 1 aliphatic rings. The van der Waals surface area contributed by atoms with Crippen molar-refractivity contribution in [1.29, 1.82) is 0 Å². The van der Waals surface area contributed by atoms with Crippen molar-refractivity contribution in [2.75, 3.05) is 6.61 Å². The molecule has 0 aromatic heterocycles. The van der Waals surface area contributed by atoms with Gasteiger partial charge in [-0.05, 0) is 62.6 Å². The molecular formula is C13H9Br2NO5. The van der Waals surface area contributed by atoms with Crippen LogP contribution in [0, 0.1) is 0 Å². The van der Waals surface area contributed by atoms with Crippen LogP contribution in [0.3, 0.4) is 0 Å². The largest absolute Gasteiger partial charge is 0.480 e. The Balaban J connectivity index is 2.32. The molecule has 0 fully saturated rings. The maximum atomic E-state index is 11.5. The molecule has 6 nitrogen and oxygen atoms in total. The SMILES string of the molecule is CC1=NOC(=O)/C1=C\c1cc(Br)c(OCC(=O)O)c(Br)c1. The summed E-state index contributed by atoms with van der Waals surface area (Å²) >= 11 is 6.61. The highest BCUT2D eigenvalue weighted by Gasteiger charge is 2.22. The molecule has 0 unspecified atom stereocenters. The minimum absolute atomic E-state index is 0.369. The molecule has 1 aliphatic heterocycles. The van der Waals surface area contributed by atoms with E-state index < -0.39 is 18.5 Å². The van der Waals surface area contributed by atoms with Crippen molar-refractivity contribution in [1.82, 2.24) is 0 Å². The van der Waals surface area contributed by atoms with Crippen LogP contribution < -0.4 is 4.74 Å². The highest BCUT2D eigenvalue weighted by atomic mass is 79.9. The summed E-state index contributed by atoms with van der Waals surface area (Å²) in [6.07, 6.45) is 1.63. The van der Waals surface area contributed by atoms with Gasteiger partial charge < -0.3 is 14.7 Å². The molecule has 1 aromatic carbocycles. The van der Waals surface area contributed by atoms with E-state index in [9.17, 15) is 9.59 Å². The highest BCUT2D eigenvalue weighted by Crippen LogP contribution is 2.35. The predicted molar refractivity (Wildman–Crippen MR) is 82.2 cm³/mol. The van der Waals surface area contributed by atoms with Gasteiger partial charge in [0.1, 0.15) is 5.75 Å². The van der Waals surface area contributed by atoms with Gasteiger partial charge in [-0.3, -0.25) is 0 Å². The molecule has 0 saturated carbocycles. The zero-order valence-electron chi connectivity index (χ0n) is 10.7. The number of hydrogen-bond acceptors (Lipinski definition) is 5. The predicted octanol–water partition coefficient (Wildman–Crippen LogP) is 2.99. The third-order valence-electron chi connectivity index (χ3n) is 2.55. The van der Waals surface area contributed by atoms with E-state index in [1.54, 1.807) is 25.1 Å². The number of hydrogen-bond donors (Lipinski definition) is 1. The minimum atomic E-state index is -1.07. The van der Waals surface area contributed by atoms with Gasteiger partial charge in [0, 0.05) is 0 Å². The van der Waals surface area contributed by atoms with E-state index in [2.05, 4.69) is 41.9 Å². The van der Waals surface area contributed by atoms with Gasteiger partial charge in [0.25, 0.3) is 0 Å². The van der Waals surface area contributed by atoms with Gasteiger partial charge in [-0.25, -0.2) is 9.59 Å². The summed E-state index contributed by atoms with van der Waals surface area (Å²) in [4.78, 5) is 26.6. The maximum Gasteiger partial charge on any atom is 0.367 e. The van der Waals surface area contributed by atoms with Crippen molar-refractivity contribution < 1.29 is 24.3 Å². The normalized spacial score (nSPS) is 15.9. The zero-order chi connectivity index (χ0) is 15.6. The Morgan fingerprint density at radius 2 is 2.05 bits per heavy atom. The lowest BCUT2D eigenvalue weighted by Crippen LogP contribution is -2.10. The van der Waals surface area contributed by atoms with Crippen LogP contribution in [0.4, 0.5) is 0 Å². The second-order valence-corrected chi connectivity index (χ2v) is 5.82. The third kappa shape index (κ3) is 3.70. The highest BCUT2D eigenvalue weighted by molar-refractivity contribution is 9.11. The number of rotatable bonds is 4. The number of carboxylic acids is 1. The number of carbonyl (C=O) groups excluding carboxylic acids is 1. The Morgan fingerprint density at radius 1 is 1.43 bits per heavy atom. The average molecular weight is 419 g/mol. The van der Waals surface area contributed by atoms with E-state index in [1.807, 2.05) is 0 Å². The molecule has 0 spiro atoms. The van der Waals surface area contributed by atoms with Gasteiger partial charge in [0.2, 0.25) is 0 Å². The first-order chi connectivity index (χ1) is 9.88. The molecular weight excluding hydrogens is 410 g/mol. The third-order valence-corrected chi connectivity index (χ3v) is 3.72. The molecule has 0 bridgehead atoms. The van der Waals surface area contributed by atoms with Gasteiger partial charge in [0.05, 0.1) is 20.2 Å². The Hall–Kier alpha value is -1.67. The fraction of sp³-hybridized carbons (Fsp3) is 0.154. The van der Waals surface area contributed by atoms with Crippen LogP contribution >= 0.6 is 31.9 Å². The molecule has 1 N–H and O–H groups in total. The molecule has 0 aliphatic carbocycles. The molecule has 8 heteroatoms. The van der Waals surface area contributed by atoms with E-state index in [-0.39, 0.29) is 0 Å². The summed E-state index contributed by atoms with van der Waals surface area (Å²) in [5, 5.41) is 12.2. The monoisotopic (exact) mass is 417 g/mol. The lowest BCUT2D eigenvalue weighted by Gasteiger charge is -2.09. The van der Waals surface area contributed by atoms with Gasteiger partial charge in [0.15, 0.2) is 6.61 Å². The van der Waals surface area contributed by atoms with Gasteiger partial charge in [-0.15, -0.1) is 0 Å². The molecule has 0 atom stereocenters. The Bertz CT molecular complexity index is 658. The number of halogens is 2. The Morgan fingerprint density at radius 3 is 2.52 bits per heavy atom. The quantitative estimate of drug-likeness (QED) is 0.600. The van der Waals surface area contributed by atoms with Crippen molar-refractivity contribution in [2.45, 2.75) is 6.92 Å². The first-order valence-electron chi connectivity index (χ1n) is 5.70. The van der Waals surface area contributed by atoms with E-state index in [1.165, 1.54) is 0 Å². The van der Waals surface area contributed by atoms with E-state index >= 15 is 0 Å². The van der Waals surface area contributed by atoms with Crippen molar-refractivity contribution in [2.24, 2.45) is 5.16 Å². The summed E-state index contributed by atoms with van der Waals surface area (Å²) < 4.78 is 6.29. The fourth-order valence-corrected chi connectivity index (χ4v) is 3.07. The molecule has 2 rings (SSSR count). The summed E-state index contributed by atoms with van der Waals surface area (Å²) in [6, 6.07) is 3.40. The topological polar surface area (TPSA) is 85.2 Å². The lowest BCUT2D eigenvalue weighted by atomic mass is 10.1. The van der Waals surface area contributed by atoms with Crippen molar-refractivity contribution in [3.63, 3.8) is 0 Å². The van der Waals surface area contributed by atoms with Crippen LogP contribution in [0.1, 0.15) is 12.5 Å². The average Bonchev–Trinajstić information content (AvgIpc) is 2.69. The molecule has 0 amide bonds. The van der Waals surface area contributed by atoms with Crippen LogP contribution in [-0.4, -0.2) is 29.4 Å². The van der Waals surface area contributed by atoms with E-state index in [4.69, 9.17) is 9.84 Å². The first-order valence-corrected chi connectivity index (χ1v) is 7.28. The summed E-state index contributed by atoms with van der Waals surface area (Å²) in [7, 11) is 0. The molecule has 1 aromatic rings. The van der Waals surface area contributed by atoms with Crippen molar-refractivity contribution >= 4 is 55.6 Å². The van der Waals surface area contributed by atoms with Crippen LogP contribution in [0.25, 0.3) is 6.08 Å². The fourth-order valence-electron chi connectivity index (χ4n) is 1.62. The Kier molecular flexibility index (Phi) is 4.79. The first kappa shape index (κ1) is 15.7. The maximum absolute atomic E-state index is 11.5. The second-order valence-electron chi connectivity index (χ2n) is 4.11. The summed E-state index contributed by atoms with van der Waals surface area (Å²) in [6.45, 7) is 1.22. The second kappa shape index (κ2) is 6.40. The van der Waals surface area contributed by atoms with Gasteiger partial charge in [-0.2, -0.15) is 0 Å². The molecule has 21 heavy (non-hydrogen) atoms. The number of oxime groups is 1. The van der Waals surface area contributed by atoms with E-state index in [0.29, 0.717) is 31.5 Å².